The zero-order valence-electron chi connectivity index (χ0n) is 33.4. The Kier molecular flexibility index (Phi) is 20.5. The van der Waals surface area contributed by atoms with Crippen LogP contribution in [0.1, 0.15) is 70.4 Å². The Morgan fingerprint density at radius 2 is 1.26 bits per heavy atom. The summed E-state index contributed by atoms with van der Waals surface area (Å²) in [5.41, 5.74) is 1.36. The third-order valence-electron chi connectivity index (χ3n) is 9.99. The molecule has 0 aromatic heterocycles. The molecular formula is C35H45N2Na3O14S4+4. The van der Waals surface area contributed by atoms with Crippen molar-refractivity contribution in [3.8, 4) is 0 Å². The summed E-state index contributed by atoms with van der Waals surface area (Å²) in [6.07, 6.45) is 8.88. The molecule has 2 atom stereocenters. The van der Waals surface area contributed by atoms with Crippen molar-refractivity contribution in [2.24, 2.45) is 0 Å². The monoisotopic (exact) mass is 914 g/mol. The second-order valence-electron chi connectivity index (χ2n) is 13.8. The quantitative estimate of drug-likeness (QED) is 0.0409. The molecule has 0 aliphatic carbocycles. The molecule has 0 spiro atoms. The van der Waals surface area contributed by atoms with Gasteiger partial charge in [-0.3, -0.25) is 23.0 Å². The minimum atomic E-state index is -4.63. The van der Waals surface area contributed by atoms with Gasteiger partial charge in [-0.1, -0.05) is 18.2 Å². The number of allylic oxidation sites excluding steroid dienone is 6. The molecule has 0 bridgehead atoms. The van der Waals surface area contributed by atoms with E-state index in [9.17, 15) is 61.8 Å². The van der Waals surface area contributed by atoms with Gasteiger partial charge in [0.2, 0.25) is 5.69 Å². The molecule has 4 rings (SSSR count). The van der Waals surface area contributed by atoms with Gasteiger partial charge in [0.15, 0.2) is 5.71 Å². The topological polar surface area (TPSA) is 261 Å². The van der Waals surface area contributed by atoms with Gasteiger partial charge >= 0.3 is 94.6 Å². The Balaban J connectivity index is 0.00000561. The first kappa shape index (κ1) is 55.3. The average Bonchev–Trinajstić information content (AvgIpc) is 3.42. The van der Waals surface area contributed by atoms with E-state index in [4.69, 9.17) is 0 Å². The number of hydrogen-bond donors (Lipinski definition) is 5. The number of fused-ring (bicyclic) bond motifs is 2. The number of likely N-dealkylation sites (N-methyl/N-ethyl adjacent to an activating group) is 1. The number of anilines is 1. The predicted molar refractivity (Wildman–Crippen MR) is 205 cm³/mol. The third-order valence-corrected chi connectivity index (χ3v) is 13.3. The van der Waals surface area contributed by atoms with Crippen LogP contribution in [0, 0.1) is 0 Å². The van der Waals surface area contributed by atoms with Crippen molar-refractivity contribution in [1.29, 1.82) is 0 Å². The second kappa shape index (κ2) is 21.5. The van der Waals surface area contributed by atoms with E-state index in [2.05, 4.69) is 0 Å². The molecule has 2 aromatic carbocycles. The standard InChI is InChI=1S/C35H44N2O14S4.3Na/c1-4-36-29-16-14-25(54(46,47)48)23-27(29)35(3,19-9-21-52(40,41)42)31(36)11-6-5-7-12-32-34(2,18-8-13-33(38)39)28-24-26(55(49,50)51)15-17-30(28)37(32)20-10-22-53(43,44)45;;;/h5-7,11-12,14-17,23-24H,4,8-10,13,18-22H2,1-3H3,(H4-,38,39,40,41,42,43,44,45,46,47,48,49,50,51);;;/q;3*+1/p+1. The van der Waals surface area contributed by atoms with Crippen molar-refractivity contribution >= 4 is 63.5 Å². The van der Waals surface area contributed by atoms with Gasteiger partial charge in [-0.05, 0) is 88.4 Å². The fourth-order valence-corrected chi connectivity index (χ4v) is 9.47. The van der Waals surface area contributed by atoms with E-state index in [0.717, 1.165) is 0 Å². The summed E-state index contributed by atoms with van der Waals surface area (Å²) in [4.78, 5) is 12.6. The number of benzene rings is 2. The number of carboxylic acid groups (broad SMARTS) is 1. The number of carboxylic acids is 1. The van der Waals surface area contributed by atoms with Crippen LogP contribution in [0.3, 0.4) is 0 Å². The van der Waals surface area contributed by atoms with Gasteiger partial charge < -0.3 is 10.0 Å². The summed E-state index contributed by atoms with van der Waals surface area (Å²) >= 11 is 0. The first-order valence-corrected chi connectivity index (χ1v) is 23.3. The van der Waals surface area contributed by atoms with Gasteiger partial charge in [0.05, 0.1) is 26.7 Å². The zero-order valence-corrected chi connectivity index (χ0v) is 42.6. The number of carbonyl (C=O) groups is 1. The van der Waals surface area contributed by atoms with Crippen LogP contribution in [0.15, 0.2) is 82.3 Å². The van der Waals surface area contributed by atoms with Gasteiger partial charge in [0.25, 0.3) is 40.5 Å². The SMILES string of the molecule is CCN1C(=CC=CC=CC2=[N+](CCCS(=O)(=O)O)c3ccc(S(=O)(=O)O)cc3C2(C)CCCC(=O)O)C(C)(CCCS(=O)(=O)O)c2cc(S(=O)(=O)O)ccc21.[Na+].[Na+].[Na+]. The van der Waals surface area contributed by atoms with Crippen LogP contribution in [0.2, 0.25) is 0 Å². The molecule has 2 unspecified atom stereocenters. The normalized spacial score (nSPS) is 20.2. The van der Waals surface area contributed by atoms with Crippen molar-refractivity contribution in [3.05, 3.63) is 83.6 Å². The molecular weight excluding hydrogens is 870 g/mol. The van der Waals surface area contributed by atoms with Crippen molar-refractivity contribution < 1.29 is 155 Å². The molecule has 16 nitrogen and oxygen atoms in total. The minimum Gasteiger partial charge on any atom is -0.481 e. The van der Waals surface area contributed by atoms with Gasteiger partial charge in [-0.2, -0.15) is 38.2 Å². The zero-order chi connectivity index (χ0) is 41.2. The van der Waals surface area contributed by atoms with Gasteiger partial charge in [0.1, 0.15) is 6.54 Å². The second-order valence-corrected chi connectivity index (χ2v) is 19.8. The van der Waals surface area contributed by atoms with Crippen LogP contribution >= 0.6 is 0 Å². The number of nitrogens with zero attached hydrogens (tertiary/aromatic N) is 2. The Labute approximate surface area is 406 Å². The molecule has 2 aliphatic rings. The minimum absolute atomic E-state index is 0. The summed E-state index contributed by atoms with van der Waals surface area (Å²) in [5, 5.41) is 9.36. The van der Waals surface area contributed by atoms with Crippen LogP contribution in [0.25, 0.3) is 0 Å². The van der Waals surface area contributed by atoms with E-state index in [-0.39, 0.29) is 144 Å². The molecule has 2 heterocycles. The van der Waals surface area contributed by atoms with Gasteiger partial charge in [0, 0.05) is 53.9 Å². The number of aliphatic carboxylic acids is 1. The Hall–Kier alpha value is -0.760. The van der Waals surface area contributed by atoms with E-state index < -0.39 is 68.8 Å². The molecule has 0 radical (unpaired) electrons. The smallest absolute Gasteiger partial charge is 0.481 e. The van der Waals surface area contributed by atoms with Crippen LogP contribution in [0.4, 0.5) is 11.4 Å². The van der Waals surface area contributed by atoms with Crippen LogP contribution < -0.4 is 93.6 Å². The molecule has 58 heavy (non-hydrogen) atoms. The molecule has 2 aliphatic heterocycles. The molecule has 0 saturated carbocycles. The molecule has 23 heteroatoms. The van der Waals surface area contributed by atoms with E-state index in [1.807, 2.05) is 11.8 Å². The number of hydrogen-bond acceptors (Lipinski definition) is 10. The number of rotatable bonds is 18. The van der Waals surface area contributed by atoms with Gasteiger partial charge in [-0.15, -0.1) is 0 Å². The maximum absolute atomic E-state index is 12.1. The fraction of sp³-hybridized carbons (Fsp3) is 0.429. The van der Waals surface area contributed by atoms with Crippen molar-refractivity contribution in [2.45, 2.75) is 79.9 Å². The maximum Gasteiger partial charge on any atom is 1.00 e. The van der Waals surface area contributed by atoms with E-state index >= 15 is 0 Å². The van der Waals surface area contributed by atoms with E-state index in [1.54, 1.807) is 54.9 Å². The third kappa shape index (κ3) is 13.6. The maximum atomic E-state index is 12.1. The van der Waals surface area contributed by atoms with Crippen molar-refractivity contribution in [2.75, 3.05) is 29.5 Å². The Morgan fingerprint density at radius 3 is 1.79 bits per heavy atom. The van der Waals surface area contributed by atoms with E-state index in [1.165, 1.54) is 30.3 Å². The largest absolute Gasteiger partial charge is 1.00 e. The fourth-order valence-electron chi connectivity index (χ4n) is 7.46. The average molecular weight is 915 g/mol. The summed E-state index contributed by atoms with van der Waals surface area (Å²) in [5.74, 6) is -2.14. The first-order chi connectivity index (χ1) is 25.3. The predicted octanol–water partition coefficient (Wildman–Crippen LogP) is -4.46. The summed E-state index contributed by atoms with van der Waals surface area (Å²) in [6, 6.07) is 8.13. The molecule has 5 N–H and O–H groups in total. The van der Waals surface area contributed by atoms with Crippen LogP contribution in [-0.4, -0.2) is 97.8 Å². The molecule has 0 fully saturated rings. The van der Waals surface area contributed by atoms with Crippen molar-refractivity contribution in [1.82, 2.24) is 0 Å². The summed E-state index contributed by atoms with van der Waals surface area (Å²) in [6.45, 7) is 5.94. The van der Waals surface area contributed by atoms with Crippen molar-refractivity contribution in [3.63, 3.8) is 0 Å². The van der Waals surface area contributed by atoms with Gasteiger partial charge in [-0.25, -0.2) is 0 Å². The Morgan fingerprint density at radius 1 is 0.724 bits per heavy atom. The van der Waals surface area contributed by atoms with Crippen LogP contribution in [0.5, 0.6) is 0 Å². The molecule has 302 valence electrons. The summed E-state index contributed by atoms with van der Waals surface area (Å²) in [7, 11) is -17.8. The molecule has 0 saturated heterocycles. The Bertz CT molecular complexity index is 2440. The van der Waals surface area contributed by atoms with Crippen LogP contribution in [-0.2, 0) is 56.1 Å². The molecule has 2 aromatic rings. The molecule has 0 amide bonds. The first-order valence-electron chi connectivity index (χ1n) is 17.2. The summed E-state index contributed by atoms with van der Waals surface area (Å²) < 4.78 is 135. The van der Waals surface area contributed by atoms with E-state index in [0.29, 0.717) is 40.5 Å².